The van der Waals surface area contributed by atoms with Crippen molar-refractivity contribution in [2.45, 2.75) is 31.0 Å². The third kappa shape index (κ3) is 2.99. The molecule has 0 radical (unpaired) electrons. The number of alkyl halides is 3. The van der Waals surface area contributed by atoms with Gasteiger partial charge in [0.1, 0.15) is 10.9 Å². The fraction of sp³-hybridized carbons (Fsp3) is 0.556. The Balaban J connectivity index is 3.16. The molecule has 0 aromatic carbocycles. The van der Waals surface area contributed by atoms with Crippen LogP contribution in [-0.2, 0) is 17.1 Å². The van der Waals surface area contributed by atoms with E-state index in [9.17, 15) is 21.6 Å². The maximum absolute atomic E-state index is 12.3. The van der Waals surface area contributed by atoms with Crippen LogP contribution in [0, 0.1) is 6.92 Å². The molecule has 0 aliphatic heterocycles. The predicted molar refractivity (Wildman–Crippen MR) is 61.0 cm³/mol. The molecule has 1 N–H and O–H groups in total. The van der Waals surface area contributed by atoms with E-state index >= 15 is 0 Å². The van der Waals surface area contributed by atoms with Crippen LogP contribution in [0.2, 0.25) is 5.02 Å². The lowest BCUT2D eigenvalue weighted by Crippen LogP contribution is -2.43. The highest BCUT2D eigenvalue weighted by atomic mass is 35.5. The summed E-state index contributed by atoms with van der Waals surface area (Å²) in [7, 11) is -2.76. The largest absolute Gasteiger partial charge is 0.404 e. The minimum absolute atomic E-state index is 0.114. The Morgan fingerprint density at radius 3 is 2.28 bits per heavy atom. The summed E-state index contributed by atoms with van der Waals surface area (Å²) in [5, 5.41) is -0.114. The highest BCUT2D eigenvalue weighted by molar-refractivity contribution is 7.89. The minimum atomic E-state index is -4.65. The van der Waals surface area contributed by atoms with Gasteiger partial charge in [-0.1, -0.05) is 11.6 Å². The molecule has 0 amide bonds. The Morgan fingerprint density at radius 2 is 1.94 bits per heavy atom. The zero-order chi connectivity index (χ0) is 14.3. The number of aromatic nitrogens is 1. The Hall–Kier alpha value is -0.730. The third-order valence-electron chi connectivity index (χ3n) is 2.47. The first-order valence-electron chi connectivity index (χ1n) is 4.87. The maximum Gasteiger partial charge on any atom is 0.404 e. The normalized spacial score (nSPS) is 14.8. The molecule has 104 valence electrons. The lowest BCUT2D eigenvalue weighted by atomic mass is 10.4. The first kappa shape index (κ1) is 15.3. The van der Waals surface area contributed by atoms with Crippen LogP contribution in [0.25, 0.3) is 0 Å². The minimum Gasteiger partial charge on any atom is -0.352 e. The first-order valence-corrected chi connectivity index (χ1v) is 6.73. The molecule has 0 aliphatic rings. The van der Waals surface area contributed by atoms with Gasteiger partial charge < -0.3 is 4.57 Å². The average molecular weight is 305 g/mol. The number of nitrogens with zero attached hydrogens (tertiary/aromatic N) is 1. The van der Waals surface area contributed by atoms with Crippen molar-refractivity contribution in [2.24, 2.45) is 7.05 Å². The second-order valence-electron chi connectivity index (χ2n) is 3.89. The van der Waals surface area contributed by atoms with Crippen molar-refractivity contribution in [1.29, 1.82) is 0 Å². The van der Waals surface area contributed by atoms with Crippen molar-refractivity contribution in [3.8, 4) is 0 Å². The summed E-state index contributed by atoms with van der Waals surface area (Å²) in [6.07, 6.45) is -3.33. The molecule has 0 unspecified atom stereocenters. The first-order chi connectivity index (χ1) is 7.97. The number of nitrogens with one attached hydrogen (secondary N) is 1. The number of rotatable bonds is 3. The van der Waals surface area contributed by atoms with Gasteiger partial charge in [-0.25, -0.2) is 8.42 Å². The molecule has 1 aromatic heterocycles. The molecule has 9 heteroatoms. The van der Waals surface area contributed by atoms with E-state index in [1.807, 2.05) is 0 Å². The standard InChI is InChI=1S/C9H12ClF3N2O2S/c1-5-8(7(10)4-15(5)3)18(16,17)14-6(2)9(11,12)13/h4,6,14H,1-3H3/t6-/m1/s1. The molecular formula is C9H12ClF3N2O2S. The number of hydrogen-bond donors (Lipinski definition) is 1. The van der Waals surface area contributed by atoms with Crippen molar-refractivity contribution in [1.82, 2.24) is 9.29 Å². The number of sulfonamides is 1. The summed E-state index contributed by atoms with van der Waals surface area (Å²) in [4.78, 5) is -0.331. The summed E-state index contributed by atoms with van der Waals surface area (Å²) in [6, 6.07) is -2.18. The van der Waals surface area contributed by atoms with Crippen LogP contribution in [0.4, 0.5) is 13.2 Å². The Bertz CT molecular complexity index is 551. The SMILES string of the molecule is Cc1c(S(=O)(=O)N[C@H](C)C(F)(F)F)c(Cl)cn1C. The van der Waals surface area contributed by atoms with Crippen LogP contribution in [0.1, 0.15) is 12.6 Å². The molecule has 0 saturated carbocycles. The molecule has 0 spiro atoms. The van der Waals surface area contributed by atoms with Crippen molar-refractivity contribution >= 4 is 21.6 Å². The van der Waals surface area contributed by atoms with Gasteiger partial charge >= 0.3 is 6.18 Å². The predicted octanol–water partition coefficient (Wildman–Crippen LogP) is 2.22. The summed E-state index contributed by atoms with van der Waals surface area (Å²) in [6.45, 7) is 2.18. The smallest absolute Gasteiger partial charge is 0.352 e. The van der Waals surface area contributed by atoms with Crippen LogP contribution in [0.5, 0.6) is 0 Å². The maximum atomic E-state index is 12.3. The van der Waals surface area contributed by atoms with E-state index < -0.39 is 22.2 Å². The molecule has 1 heterocycles. The van der Waals surface area contributed by atoms with Crippen molar-refractivity contribution in [2.75, 3.05) is 0 Å². The summed E-state index contributed by atoms with van der Waals surface area (Å²) in [5.41, 5.74) is 0.266. The fourth-order valence-corrected chi connectivity index (χ4v) is 3.49. The quantitative estimate of drug-likeness (QED) is 0.931. The van der Waals surface area contributed by atoms with Gasteiger partial charge in [-0.2, -0.15) is 17.9 Å². The topological polar surface area (TPSA) is 51.1 Å². The second kappa shape index (κ2) is 4.75. The lowest BCUT2D eigenvalue weighted by Gasteiger charge is -2.17. The van der Waals surface area contributed by atoms with Gasteiger partial charge in [0.2, 0.25) is 10.0 Å². The zero-order valence-electron chi connectivity index (χ0n) is 9.84. The van der Waals surface area contributed by atoms with E-state index in [2.05, 4.69) is 0 Å². The molecule has 18 heavy (non-hydrogen) atoms. The van der Waals surface area contributed by atoms with Crippen LogP contribution < -0.4 is 4.72 Å². The Labute approximate surface area is 108 Å². The number of hydrogen-bond acceptors (Lipinski definition) is 2. The Kier molecular flexibility index (Phi) is 4.04. The van der Waals surface area contributed by atoms with Crippen molar-refractivity contribution in [3.63, 3.8) is 0 Å². The lowest BCUT2D eigenvalue weighted by molar-refractivity contribution is -0.147. The number of aryl methyl sites for hydroxylation is 1. The number of halogens is 4. The van der Waals surface area contributed by atoms with Gasteiger partial charge in [0.05, 0.1) is 5.02 Å². The molecule has 0 bridgehead atoms. The summed E-state index contributed by atoms with van der Waals surface area (Å²) < 4.78 is 63.7. The van der Waals surface area contributed by atoms with Crippen LogP contribution >= 0.6 is 11.6 Å². The second-order valence-corrected chi connectivity index (χ2v) is 5.95. The molecule has 1 rings (SSSR count). The van der Waals surface area contributed by atoms with E-state index in [-0.39, 0.29) is 15.6 Å². The van der Waals surface area contributed by atoms with E-state index in [1.54, 1.807) is 11.8 Å². The average Bonchev–Trinajstić information content (AvgIpc) is 2.38. The molecule has 0 fully saturated rings. The van der Waals surface area contributed by atoms with Gasteiger partial charge in [-0.15, -0.1) is 0 Å². The van der Waals surface area contributed by atoms with Gasteiger partial charge in [-0.3, -0.25) is 0 Å². The highest BCUT2D eigenvalue weighted by Gasteiger charge is 2.39. The van der Waals surface area contributed by atoms with E-state index in [4.69, 9.17) is 11.6 Å². The van der Waals surface area contributed by atoms with E-state index in [0.717, 1.165) is 6.92 Å². The van der Waals surface area contributed by atoms with Crippen LogP contribution in [-0.4, -0.2) is 25.2 Å². The highest BCUT2D eigenvalue weighted by Crippen LogP contribution is 2.28. The molecular weight excluding hydrogens is 293 g/mol. The molecule has 0 saturated heterocycles. The van der Waals surface area contributed by atoms with E-state index in [1.165, 1.54) is 17.7 Å². The van der Waals surface area contributed by atoms with Crippen LogP contribution in [0.3, 0.4) is 0 Å². The van der Waals surface area contributed by atoms with Gasteiger partial charge in [0.15, 0.2) is 0 Å². The third-order valence-corrected chi connectivity index (χ3v) is 4.59. The van der Waals surface area contributed by atoms with Crippen molar-refractivity contribution < 1.29 is 21.6 Å². The summed E-state index contributed by atoms with van der Waals surface area (Å²) in [5.74, 6) is 0. The van der Waals surface area contributed by atoms with Crippen molar-refractivity contribution in [3.05, 3.63) is 16.9 Å². The molecule has 1 atom stereocenters. The molecule has 1 aromatic rings. The van der Waals surface area contributed by atoms with Crippen LogP contribution in [0.15, 0.2) is 11.1 Å². The monoisotopic (exact) mass is 304 g/mol. The van der Waals surface area contributed by atoms with Gasteiger partial charge in [0, 0.05) is 18.9 Å². The zero-order valence-corrected chi connectivity index (χ0v) is 11.4. The fourth-order valence-electron chi connectivity index (χ4n) is 1.34. The van der Waals surface area contributed by atoms with Gasteiger partial charge in [0.25, 0.3) is 0 Å². The van der Waals surface area contributed by atoms with E-state index in [0.29, 0.717) is 0 Å². The summed E-state index contributed by atoms with van der Waals surface area (Å²) >= 11 is 5.71. The molecule has 4 nitrogen and oxygen atoms in total. The van der Waals surface area contributed by atoms with Gasteiger partial charge in [-0.05, 0) is 13.8 Å². The molecule has 0 aliphatic carbocycles. The Morgan fingerprint density at radius 1 is 1.44 bits per heavy atom.